The Morgan fingerprint density at radius 2 is 1.39 bits per heavy atom. The molecule has 4 nitrogen and oxygen atoms in total. The average Bonchev–Trinajstić information content (AvgIpc) is 2.58. The fourth-order valence-electron chi connectivity index (χ4n) is 2.12. The Balaban J connectivity index is 1.74. The zero-order valence-electron chi connectivity index (χ0n) is 12.2. The molecule has 3 rings (SSSR count). The topological polar surface area (TPSA) is 55.2 Å². The smallest absolute Gasteiger partial charge is 0.292 e. The lowest BCUT2D eigenvalue weighted by atomic mass is 10.2. The maximum Gasteiger partial charge on any atom is 0.292 e. The normalized spacial score (nSPS) is 10.3. The summed E-state index contributed by atoms with van der Waals surface area (Å²) in [6.07, 6.45) is 0. The Labute approximate surface area is 138 Å². The second-order valence-corrected chi connectivity index (χ2v) is 5.99. The van der Waals surface area contributed by atoms with Gasteiger partial charge in [0.15, 0.2) is 0 Å². The highest BCUT2D eigenvalue weighted by Gasteiger charge is 2.12. The molecule has 0 saturated carbocycles. The fourth-order valence-corrected chi connectivity index (χ4v) is 2.96. The summed E-state index contributed by atoms with van der Waals surface area (Å²) in [6.45, 7) is 0. The highest BCUT2D eigenvalue weighted by molar-refractivity contribution is 7.99. The van der Waals surface area contributed by atoms with Crippen molar-refractivity contribution in [1.82, 2.24) is 0 Å². The first-order valence-corrected chi connectivity index (χ1v) is 7.87. The van der Waals surface area contributed by atoms with Crippen molar-refractivity contribution >= 4 is 28.8 Å². The first kappa shape index (κ1) is 15.1. The lowest BCUT2D eigenvalue weighted by Gasteiger charge is -2.08. The summed E-state index contributed by atoms with van der Waals surface area (Å²) in [5.41, 5.74) is 1.37. The fraction of sp³-hybridized carbons (Fsp3) is 0. The van der Waals surface area contributed by atoms with Gasteiger partial charge in [0.05, 0.1) is 4.92 Å². The van der Waals surface area contributed by atoms with Crippen LogP contribution >= 0.6 is 11.8 Å². The molecule has 0 saturated heterocycles. The molecule has 23 heavy (non-hydrogen) atoms. The third-order valence-corrected chi connectivity index (χ3v) is 4.23. The van der Waals surface area contributed by atoms with Gasteiger partial charge in [0.2, 0.25) is 0 Å². The van der Waals surface area contributed by atoms with Gasteiger partial charge < -0.3 is 5.32 Å². The predicted octanol–water partition coefficient (Wildman–Crippen LogP) is 5.49. The molecule has 0 bridgehead atoms. The summed E-state index contributed by atoms with van der Waals surface area (Å²) in [4.78, 5) is 12.9. The van der Waals surface area contributed by atoms with Crippen molar-refractivity contribution in [2.45, 2.75) is 9.79 Å². The number of para-hydroxylation sites is 2. The van der Waals surface area contributed by atoms with Crippen molar-refractivity contribution < 1.29 is 4.92 Å². The van der Waals surface area contributed by atoms with Crippen molar-refractivity contribution in [2.75, 3.05) is 5.32 Å². The van der Waals surface area contributed by atoms with E-state index in [0.717, 1.165) is 10.6 Å². The summed E-state index contributed by atoms with van der Waals surface area (Å²) in [6, 6.07) is 24.6. The SMILES string of the molecule is O=[N+]([O-])c1ccccc1Nc1ccc(Sc2ccccc2)cc1. The molecule has 0 aliphatic carbocycles. The number of hydrogen-bond donors (Lipinski definition) is 1. The van der Waals surface area contributed by atoms with Crippen molar-refractivity contribution in [3.63, 3.8) is 0 Å². The minimum absolute atomic E-state index is 0.0650. The van der Waals surface area contributed by atoms with Crippen LogP contribution in [0.15, 0.2) is 88.7 Å². The van der Waals surface area contributed by atoms with Crippen LogP contribution in [-0.4, -0.2) is 4.92 Å². The molecule has 0 atom stereocenters. The monoisotopic (exact) mass is 322 g/mol. The van der Waals surface area contributed by atoms with E-state index < -0.39 is 0 Å². The number of nitrogens with zero attached hydrogens (tertiary/aromatic N) is 1. The number of hydrogen-bond acceptors (Lipinski definition) is 4. The van der Waals surface area contributed by atoms with E-state index in [0.29, 0.717) is 5.69 Å². The zero-order chi connectivity index (χ0) is 16.1. The van der Waals surface area contributed by atoms with Crippen molar-refractivity contribution in [3.05, 3.63) is 89.0 Å². The van der Waals surface area contributed by atoms with Gasteiger partial charge in [-0.2, -0.15) is 0 Å². The average molecular weight is 322 g/mol. The maximum atomic E-state index is 11.0. The van der Waals surface area contributed by atoms with Crippen LogP contribution in [0.4, 0.5) is 17.1 Å². The van der Waals surface area contributed by atoms with Gasteiger partial charge in [0.1, 0.15) is 5.69 Å². The molecule has 0 aliphatic rings. The van der Waals surface area contributed by atoms with Gasteiger partial charge in [0.25, 0.3) is 5.69 Å². The van der Waals surface area contributed by atoms with E-state index in [4.69, 9.17) is 0 Å². The molecule has 3 aromatic rings. The molecule has 3 aromatic carbocycles. The molecular weight excluding hydrogens is 308 g/mol. The highest BCUT2D eigenvalue weighted by atomic mass is 32.2. The standard InChI is InChI=1S/C18H14N2O2S/c21-20(22)18-9-5-4-8-17(18)19-14-10-12-16(13-11-14)23-15-6-2-1-3-7-15/h1-13,19H. The quantitative estimate of drug-likeness (QED) is 0.498. The molecule has 0 heterocycles. The lowest BCUT2D eigenvalue weighted by Crippen LogP contribution is -1.96. The molecule has 0 amide bonds. The van der Waals surface area contributed by atoms with Crippen molar-refractivity contribution in [1.29, 1.82) is 0 Å². The van der Waals surface area contributed by atoms with Gasteiger partial charge in [-0.25, -0.2) is 0 Å². The van der Waals surface area contributed by atoms with Crippen LogP contribution in [0.2, 0.25) is 0 Å². The molecule has 0 unspecified atom stereocenters. The zero-order valence-corrected chi connectivity index (χ0v) is 13.0. The highest BCUT2D eigenvalue weighted by Crippen LogP contribution is 2.30. The van der Waals surface area contributed by atoms with Gasteiger partial charge in [-0.1, -0.05) is 42.1 Å². The number of rotatable bonds is 5. The first-order chi connectivity index (χ1) is 11.2. The molecule has 1 N–H and O–H groups in total. The van der Waals surface area contributed by atoms with E-state index in [2.05, 4.69) is 17.4 Å². The van der Waals surface area contributed by atoms with E-state index in [-0.39, 0.29) is 10.6 Å². The molecule has 0 aromatic heterocycles. The molecule has 114 valence electrons. The molecule has 0 aliphatic heterocycles. The Bertz CT molecular complexity index is 805. The van der Waals surface area contributed by atoms with Crippen LogP contribution in [0.25, 0.3) is 0 Å². The van der Waals surface area contributed by atoms with Gasteiger partial charge in [-0.3, -0.25) is 10.1 Å². The van der Waals surface area contributed by atoms with Crippen LogP contribution in [0.3, 0.4) is 0 Å². The van der Waals surface area contributed by atoms with E-state index in [9.17, 15) is 10.1 Å². The van der Waals surface area contributed by atoms with Gasteiger partial charge in [-0.15, -0.1) is 0 Å². The number of nitro benzene ring substituents is 1. The number of anilines is 2. The summed E-state index contributed by atoms with van der Waals surface area (Å²) >= 11 is 1.67. The third-order valence-electron chi connectivity index (χ3n) is 3.21. The summed E-state index contributed by atoms with van der Waals surface area (Å²) in [7, 11) is 0. The number of nitro groups is 1. The Morgan fingerprint density at radius 3 is 2.09 bits per heavy atom. The Morgan fingerprint density at radius 1 is 0.783 bits per heavy atom. The summed E-state index contributed by atoms with van der Waals surface area (Å²) in [5, 5.41) is 14.1. The third kappa shape index (κ3) is 3.90. The predicted molar refractivity (Wildman–Crippen MR) is 93.4 cm³/mol. The molecular formula is C18H14N2O2S. The van der Waals surface area contributed by atoms with Gasteiger partial charge >= 0.3 is 0 Å². The Hall–Kier alpha value is -2.79. The van der Waals surface area contributed by atoms with E-state index in [1.54, 1.807) is 30.0 Å². The maximum absolute atomic E-state index is 11.0. The first-order valence-electron chi connectivity index (χ1n) is 7.06. The molecule has 5 heteroatoms. The van der Waals surface area contributed by atoms with Crippen LogP contribution in [0.5, 0.6) is 0 Å². The van der Waals surface area contributed by atoms with E-state index >= 15 is 0 Å². The van der Waals surface area contributed by atoms with Gasteiger partial charge in [0, 0.05) is 21.5 Å². The Kier molecular flexibility index (Phi) is 4.59. The van der Waals surface area contributed by atoms with Crippen LogP contribution in [0, 0.1) is 10.1 Å². The molecule has 0 fully saturated rings. The molecule has 0 spiro atoms. The summed E-state index contributed by atoms with van der Waals surface area (Å²) in [5.74, 6) is 0. The van der Waals surface area contributed by atoms with Crippen LogP contribution in [-0.2, 0) is 0 Å². The minimum Gasteiger partial charge on any atom is -0.350 e. The summed E-state index contributed by atoms with van der Waals surface area (Å²) < 4.78 is 0. The van der Waals surface area contributed by atoms with Crippen molar-refractivity contribution in [2.24, 2.45) is 0 Å². The van der Waals surface area contributed by atoms with Crippen LogP contribution < -0.4 is 5.32 Å². The second-order valence-electron chi connectivity index (χ2n) is 4.84. The van der Waals surface area contributed by atoms with Crippen molar-refractivity contribution in [3.8, 4) is 0 Å². The van der Waals surface area contributed by atoms with Crippen LogP contribution in [0.1, 0.15) is 0 Å². The lowest BCUT2D eigenvalue weighted by molar-refractivity contribution is -0.383. The van der Waals surface area contributed by atoms with Gasteiger partial charge in [-0.05, 0) is 42.5 Å². The largest absolute Gasteiger partial charge is 0.350 e. The van der Waals surface area contributed by atoms with E-state index in [1.165, 1.54) is 11.0 Å². The second kappa shape index (κ2) is 6.98. The number of nitrogens with one attached hydrogen (secondary N) is 1. The minimum atomic E-state index is -0.387. The number of benzene rings is 3. The molecule has 0 radical (unpaired) electrons. The van der Waals surface area contributed by atoms with E-state index in [1.807, 2.05) is 42.5 Å².